The molecule has 0 aliphatic rings. The number of hydrogen-bond acceptors (Lipinski definition) is 3. The molecule has 0 saturated heterocycles. The summed E-state index contributed by atoms with van der Waals surface area (Å²) in [5.74, 6) is 0. The van der Waals surface area contributed by atoms with Crippen LogP contribution < -0.4 is 10.5 Å². The number of rotatable bonds is 4. The second-order valence-corrected chi connectivity index (χ2v) is 6.91. The fraction of sp³-hybridized carbons (Fsp3) is 0.200. The molecule has 2 aromatic carbocycles. The Bertz CT molecular complexity index is 743. The van der Waals surface area contributed by atoms with Crippen LogP contribution in [-0.4, -0.2) is 8.42 Å². The van der Waals surface area contributed by atoms with E-state index < -0.39 is 10.0 Å². The van der Waals surface area contributed by atoms with Crippen molar-refractivity contribution in [1.82, 2.24) is 0 Å². The molecule has 6 heteroatoms. The van der Waals surface area contributed by atoms with Crippen molar-refractivity contribution in [2.45, 2.75) is 24.8 Å². The largest absolute Gasteiger partial charge is 0.378 e. The van der Waals surface area contributed by atoms with Gasteiger partial charge in [0, 0.05) is 16.8 Å². The molecule has 3 N–H and O–H groups in total. The zero-order chi connectivity index (χ0) is 15.6. The summed E-state index contributed by atoms with van der Waals surface area (Å²) in [6.45, 7) is 3.70. The number of nitrogens with two attached hydrogens (primary N) is 1. The first-order valence-electron chi connectivity index (χ1n) is 6.43. The fourth-order valence-electron chi connectivity index (χ4n) is 2.08. The average molecular weight is 325 g/mol. The number of hydrogen-bond donors (Lipinski definition) is 2. The van der Waals surface area contributed by atoms with Crippen LogP contribution in [0.2, 0.25) is 5.02 Å². The molecule has 0 heterocycles. The maximum Gasteiger partial charge on any atom is 0.238 e. The van der Waals surface area contributed by atoms with Gasteiger partial charge in [0.2, 0.25) is 10.0 Å². The molecular weight excluding hydrogens is 308 g/mol. The van der Waals surface area contributed by atoms with Crippen LogP contribution in [0.4, 0.5) is 5.69 Å². The molecule has 0 fully saturated rings. The van der Waals surface area contributed by atoms with E-state index in [0.29, 0.717) is 16.3 Å². The maximum absolute atomic E-state index is 11.5. The van der Waals surface area contributed by atoms with E-state index in [0.717, 1.165) is 5.56 Å². The van der Waals surface area contributed by atoms with Crippen LogP contribution in [0.1, 0.15) is 24.1 Å². The van der Waals surface area contributed by atoms with E-state index >= 15 is 0 Å². The molecular formula is C15H17ClN2O2S. The van der Waals surface area contributed by atoms with Gasteiger partial charge in [0.15, 0.2) is 0 Å². The summed E-state index contributed by atoms with van der Waals surface area (Å²) in [6.07, 6.45) is 0. The van der Waals surface area contributed by atoms with E-state index in [-0.39, 0.29) is 10.9 Å². The van der Waals surface area contributed by atoms with Crippen molar-refractivity contribution in [1.29, 1.82) is 0 Å². The molecule has 0 aliphatic carbocycles. The zero-order valence-electron chi connectivity index (χ0n) is 11.8. The summed E-state index contributed by atoms with van der Waals surface area (Å²) >= 11 is 5.86. The van der Waals surface area contributed by atoms with Gasteiger partial charge >= 0.3 is 0 Å². The highest BCUT2D eigenvalue weighted by atomic mass is 35.5. The summed E-state index contributed by atoms with van der Waals surface area (Å²) < 4.78 is 23.1. The van der Waals surface area contributed by atoms with Gasteiger partial charge in [-0.15, -0.1) is 0 Å². The normalized spacial score (nSPS) is 13.0. The van der Waals surface area contributed by atoms with Crippen LogP contribution in [-0.2, 0) is 10.0 Å². The highest BCUT2D eigenvalue weighted by molar-refractivity contribution is 7.89. The molecule has 0 spiro atoms. The number of benzene rings is 2. The van der Waals surface area contributed by atoms with Crippen LogP contribution in [0.3, 0.4) is 0 Å². The van der Waals surface area contributed by atoms with Gasteiger partial charge in [-0.1, -0.05) is 29.8 Å². The molecule has 2 rings (SSSR count). The third-order valence-corrected chi connectivity index (χ3v) is 4.55. The Hall–Kier alpha value is -1.56. The average Bonchev–Trinajstić information content (AvgIpc) is 2.40. The molecule has 2 aromatic rings. The lowest BCUT2D eigenvalue weighted by Crippen LogP contribution is -2.14. The molecule has 112 valence electrons. The fourth-order valence-corrected chi connectivity index (χ4v) is 3.02. The second-order valence-electron chi connectivity index (χ2n) is 4.94. The Morgan fingerprint density at radius 1 is 1.14 bits per heavy atom. The first kappa shape index (κ1) is 15.8. The van der Waals surface area contributed by atoms with Crippen molar-refractivity contribution < 1.29 is 8.42 Å². The molecule has 21 heavy (non-hydrogen) atoms. The molecule has 0 amide bonds. The van der Waals surface area contributed by atoms with E-state index in [1.54, 1.807) is 19.1 Å². The molecule has 1 unspecified atom stereocenters. The van der Waals surface area contributed by atoms with Gasteiger partial charge in [0.1, 0.15) is 0 Å². The Balaban J connectivity index is 2.26. The Labute approximate surface area is 130 Å². The smallest absolute Gasteiger partial charge is 0.238 e. The molecule has 0 aromatic heterocycles. The van der Waals surface area contributed by atoms with Crippen LogP contribution >= 0.6 is 11.6 Å². The highest BCUT2D eigenvalue weighted by Crippen LogP contribution is 2.24. The van der Waals surface area contributed by atoms with Gasteiger partial charge in [0.25, 0.3) is 0 Å². The quantitative estimate of drug-likeness (QED) is 0.904. The van der Waals surface area contributed by atoms with E-state index in [2.05, 4.69) is 5.32 Å². The first-order chi connectivity index (χ1) is 9.77. The number of primary sulfonamides is 1. The summed E-state index contributed by atoms with van der Waals surface area (Å²) in [7, 11) is -3.72. The monoisotopic (exact) mass is 324 g/mol. The van der Waals surface area contributed by atoms with E-state index in [9.17, 15) is 8.42 Å². The lowest BCUT2D eigenvalue weighted by atomic mass is 10.1. The van der Waals surface area contributed by atoms with E-state index in [1.807, 2.05) is 37.3 Å². The van der Waals surface area contributed by atoms with Crippen LogP contribution in [0, 0.1) is 6.92 Å². The van der Waals surface area contributed by atoms with Crippen molar-refractivity contribution in [2.24, 2.45) is 5.14 Å². The number of sulfonamides is 1. The van der Waals surface area contributed by atoms with Gasteiger partial charge < -0.3 is 5.32 Å². The Kier molecular flexibility index (Phi) is 4.56. The summed E-state index contributed by atoms with van der Waals surface area (Å²) in [4.78, 5) is 0.135. The third kappa shape index (κ3) is 3.97. The SMILES string of the molecule is Cc1ccc(NC(C)c2ccc(Cl)cc2)cc1S(N)(=O)=O. The van der Waals surface area contributed by atoms with Gasteiger partial charge in [-0.2, -0.15) is 0 Å². The van der Waals surface area contributed by atoms with Crippen LogP contribution in [0.25, 0.3) is 0 Å². The zero-order valence-corrected chi connectivity index (χ0v) is 13.4. The molecule has 0 bridgehead atoms. The highest BCUT2D eigenvalue weighted by Gasteiger charge is 2.13. The van der Waals surface area contributed by atoms with Gasteiger partial charge in [-0.3, -0.25) is 0 Å². The van der Waals surface area contributed by atoms with Crippen LogP contribution in [0.15, 0.2) is 47.4 Å². The second kappa shape index (κ2) is 6.05. The predicted molar refractivity (Wildman–Crippen MR) is 86.0 cm³/mol. The topological polar surface area (TPSA) is 72.2 Å². The van der Waals surface area contributed by atoms with E-state index in [1.165, 1.54) is 0 Å². The summed E-state index contributed by atoms with van der Waals surface area (Å²) in [6, 6.07) is 12.6. The van der Waals surface area contributed by atoms with Crippen molar-refractivity contribution in [3.63, 3.8) is 0 Å². The van der Waals surface area contributed by atoms with Gasteiger partial charge in [-0.25, -0.2) is 13.6 Å². The first-order valence-corrected chi connectivity index (χ1v) is 8.35. The molecule has 1 atom stereocenters. The van der Waals surface area contributed by atoms with Gasteiger partial charge in [-0.05, 0) is 49.2 Å². The lowest BCUT2D eigenvalue weighted by Gasteiger charge is -2.17. The predicted octanol–water partition coefficient (Wildman–Crippen LogP) is 3.47. The minimum absolute atomic E-state index is 0.0123. The number of halogens is 1. The minimum atomic E-state index is -3.72. The lowest BCUT2D eigenvalue weighted by molar-refractivity contribution is 0.597. The Morgan fingerprint density at radius 2 is 1.76 bits per heavy atom. The van der Waals surface area contributed by atoms with Crippen molar-refractivity contribution in [3.05, 3.63) is 58.6 Å². The maximum atomic E-state index is 11.5. The summed E-state index contributed by atoms with van der Waals surface area (Å²) in [5, 5.41) is 9.15. The Morgan fingerprint density at radius 3 is 2.33 bits per heavy atom. The summed E-state index contributed by atoms with van der Waals surface area (Å²) in [5.41, 5.74) is 2.38. The van der Waals surface area contributed by atoms with Crippen LogP contribution in [0.5, 0.6) is 0 Å². The van der Waals surface area contributed by atoms with Gasteiger partial charge in [0.05, 0.1) is 4.90 Å². The number of anilines is 1. The van der Waals surface area contributed by atoms with Crippen molar-refractivity contribution >= 4 is 27.3 Å². The molecule has 0 aliphatic heterocycles. The molecule has 0 saturated carbocycles. The molecule has 0 radical (unpaired) electrons. The standard InChI is InChI=1S/C15H17ClN2O2S/c1-10-3-8-14(9-15(10)21(17,19)20)18-11(2)12-4-6-13(16)7-5-12/h3-9,11,18H,1-2H3,(H2,17,19,20). The van der Waals surface area contributed by atoms with E-state index in [4.69, 9.17) is 16.7 Å². The number of aryl methyl sites for hydroxylation is 1. The van der Waals surface area contributed by atoms with Crippen molar-refractivity contribution in [2.75, 3.05) is 5.32 Å². The third-order valence-electron chi connectivity index (χ3n) is 3.25. The molecule has 4 nitrogen and oxygen atoms in total. The minimum Gasteiger partial charge on any atom is -0.378 e. The number of nitrogens with one attached hydrogen (secondary N) is 1. The van der Waals surface area contributed by atoms with Crippen molar-refractivity contribution in [3.8, 4) is 0 Å².